The van der Waals surface area contributed by atoms with Crippen LogP contribution in [0.15, 0.2) is 66.7 Å². The molecule has 3 rings (SSSR count). The van der Waals surface area contributed by atoms with Crippen molar-refractivity contribution in [2.24, 2.45) is 11.5 Å². The molecule has 0 saturated carbocycles. The lowest BCUT2D eigenvalue weighted by atomic mass is 9.95. The molecule has 0 fully saturated rings. The Kier molecular flexibility index (Phi) is 10.1. The summed E-state index contributed by atoms with van der Waals surface area (Å²) in [4.78, 5) is 0. The Morgan fingerprint density at radius 3 is 1.53 bits per heavy atom. The predicted octanol–water partition coefficient (Wildman–Crippen LogP) is 4.74. The Hall–Kier alpha value is -2.60. The highest BCUT2D eigenvalue weighted by Crippen LogP contribution is 2.29. The van der Waals surface area contributed by atoms with Crippen LogP contribution in [0.1, 0.15) is 18.9 Å². The molecule has 5 N–H and O–H groups in total. The molecular formula is C25H31F2N3. The summed E-state index contributed by atoms with van der Waals surface area (Å²) in [5, 5.41) is 3.29. The van der Waals surface area contributed by atoms with Gasteiger partial charge in [-0.25, -0.2) is 8.78 Å². The largest absolute Gasteiger partial charge is 0.330 e. The molecule has 3 aromatic rings. The number of hydrogen-bond acceptors (Lipinski definition) is 3. The summed E-state index contributed by atoms with van der Waals surface area (Å²) in [6.45, 7) is 5.09. The first kappa shape index (κ1) is 23.7. The maximum Gasteiger partial charge on any atom is 0.123 e. The highest BCUT2D eigenvalue weighted by atomic mass is 19.1. The molecule has 0 bridgehead atoms. The Balaban J connectivity index is 0.000000735. The summed E-state index contributed by atoms with van der Waals surface area (Å²) >= 11 is 0. The maximum absolute atomic E-state index is 13.2. The SMILES string of the molecule is CCCN.NCCNCCc1cc(-c2ccc(F)cc2)cc(-c2ccc(F)cc2)c1. The molecule has 0 aliphatic rings. The third-order valence-electron chi connectivity index (χ3n) is 4.55. The van der Waals surface area contributed by atoms with Crippen LogP contribution in [0.5, 0.6) is 0 Å². The van der Waals surface area contributed by atoms with Crippen molar-refractivity contribution in [3.05, 3.63) is 83.9 Å². The molecule has 160 valence electrons. The molecule has 0 aromatic heterocycles. The molecule has 0 heterocycles. The van der Waals surface area contributed by atoms with Gasteiger partial charge in [-0.1, -0.05) is 43.3 Å². The van der Waals surface area contributed by atoms with E-state index in [-0.39, 0.29) is 11.6 Å². The zero-order valence-corrected chi connectivity index (χ0v) is 17.5. The molecule has 0 amide bonds. The van der Waals surface area contributed by atoms with Gasteiger partial charge < -0.3 is 16.8 Å². The fraction of sp³-hybridized carbons (Fsp3) is 0.280. The molecule has 0 saturated heterocycles. The lowest BCUT2D eigenvalue weighted by molar-refractivity contribution is 0.627. The minimum atomic E-state index is -0.255. The van der Waals surface area contributed by atoms with Crippen LogP contribution < -0.4 is 16.8 Å². The second kappa shape index (κ2) is 12.9. The zero-order valence-electron chi connectivity index (χ0n) is 17.5. The van der Waals surface area contributed by atoms with Gasteiger partial charge in [0.15, 0.2) is 0 Å². The molecule has 0 unspecified atom stereocenters. The van der Waals surface area contributed by atoms with Gasteiger partial charge in [0.1, 0.15) is 11.6 Å². The van der Waals surface area contributed by atoms with Crippen LogP contribution in [0.3, 0.4) is 0 Å². The summed E-state index contributed by atoms with van der Waals surface area (Å²) in [6, 6.07) is 19.2. The van der Waals surface area contributed by atoms with Crippen LogP contribution >= 0.6 is 0 Å². The van der Waals surface area contributed by atoms with E-state index in [1.165, 1.54) is 24.3 Å². The molecule has 0 aliphatic carbocycles. The van der Waals surface area contributed by atoms with Crippen molar-refractivity contribution in [1.82, 2.24) is 5.32 Å². The molecule has 0 aliphatic heterocycles. The maximum atomic E-state index is 13.2. The number of halogens is 2. The third-order valence-corrected chi connectivity index (χ3v) is 4.55. The normalized spacial score (nSPS) is 10.4. The average Bonchev–Trinajstić information content (AvgIpc) is 2.78. The van der Waals surface area contributed by atoms with Crippen LogP contribution in [-0.2, 0) is 6.42 Å². The molecule has 0 spiro atoms. The Bertz CT molecular complexity index is 812. The molecule has 0 atom stereocenters. The molecule has 30 heavy (non-hydrogen) atoms. The monoisotopic (exact) mass is 411 g/mol. The smallest absolute Gasteiger partial charge is 0.123 e. The highest BCUT2D eigenvalue weighted by molar-refractivity contribution is 5.74. The van der Waals surface area contributed by atoms with E-state index in [0.29, 0.717) is 6.54 Å². The van der Waals surface area contributed by atoms with Crippen molar-refractivity contribution in [2.75, 3.05) is 26.2 Å². The first-order valence-corrected chi connectivity index (χ1v) is 10.3. The van der Waals surface area contributed by atoms with Crippen LogP contribution in [0.2, 0.25) is 0 Å². The van der Waals surface area contributed by atoms with E-state index in [9.17, 15) is 8.78 Å². The van der Waals surface area contributed by atoms with Gasteiger partial charge in [-0.05, 0) is 84.1 Å². The molecule has 3 nitrogen and oxygen atoms in total. The van der Waals surface area contributed by atoms with Crippen molar-refractivity contribution in [3.8, 4) is 22.3 Å². The van der Waals surface area contributed by atoms with E-state index in [4.69, 9.17) is 11.5 Å². The Labute approximate surface area is 178 Å². The van der Waals surface area contributed by atoms with Crippen molar-refractivity contribution in [1.29, 1.82) is 0 Å². The first-order chi connectivity index (χ1) is 14.6. The van der Waals surface area contributed by atoms with Crippen LogP contribution in [0, 0.1) is 11.6 Å². The van der Waals surface area contributed by atoms with Crippen molar-refractivity contribution >= 4 is 0 Å². The molecule has 3 aromatic carbocycles. The lowest BCUT2D eigenvalue weighted by Crippen LogP contribution is -2.24. The van der Waals surface area contributed by atoms with Crippen molar-refractivity contribution < 1.29 is 8.78 Å². The number of nitrogens with one attached hydrogen (secondary N) is 1. The van der Waals surface area contributed by atoms with Crippen LogP contribution in [0.4, 0.5) is 8.78 Å². The summed E-state index contributed by atoms with van der Waals surface area (Å²) < 4.78 is 26.5. The van der Waals surface area contributed by atoms with Gasteiger partial charge in [0.2, 0.25) is 0 Å². The van der Waals surface area contributed by atoms with Gasteiger partial charge >= 0.3 is 0 Å². The van der Waals surface area contributed by atoms with E-state index < -0.39 is 0 Å². The number of benzene rings is 3. The quantitative estimate of drug-likeness (QED) is 0.469. The average molecular weight is 412 g/mol. The van der Waals surface area contributed by atoms with E-state index in [0.717, 1.165) is 60.3 Å². The number of nitrogens with two attached hydrogens (primary N) is 2. The van der Waals surface area contributed by atoms with Gasteiger partial charge in [0, 0.05) is 13.1 Å². The van der Waals surface area contributed by atoms with Crippen molar-refractivity contribution in [3.63, 3.8) is 0 Å². The standard InChI is InChI=1S/C22H22F2N2.C3H9N/c23-21-5-1-17(2-6-21)19-13-16(9-11-26-12-10-25)14-20(15-19)18-3-7-22(24)8-4-18;1-2-3-4/h1-8,13-15,26H,9-12,25H2;2-4H2,1H3. The Morgan fingerprint density at radius 2 is 1.13 bits per heavy atom. The summed E-state index contributed by atoms with van der Waals surface area (Å²) in [7, 11) is 0. The first-order valence-electron chi connectivity index (χ1n) is 10.3. The molecule has 0 radical (unpaired) electrons. The summed E-state index contributed by atoms with van der Waals surface area (Å²) in [5.74, 6) is -0.510. The topological polar surface area (TPSA) is 64.1 Å². The minimum absolute atomic E-state index is 0.255. The van der Waals surface area contributed by atoms with Gasteiger partial charge in [0.25, 0.3) is 0 Å². The van der Waals surface area contributed by atoms with Crippen LogP contribution in [-0.4, -0.2) is 26.2 Å². The van der Waals surface area contributed by atoms with Gasteiger partial charge in [-0.15, -0.1) is 0 Å². The second-order valence-electron chi connectivity index (χ2n) is 7.01. The predicted molar refractivity (Wildman–Crippen MR) is 122 cm³/mol. The van der Waals surface area contributed by atoms with Gasteiger partial charge in [0.05, 0.1) is 0 Å². The number of rotatable bonds is 8. The van der Waals surface area contributed by atoms with E-state index in [1.54, 1.807) is 24.3 Å². The van der Waals surface area contributed by atoms with E-state index in [2.05, 4.69) is 30.4 Å². The second-order valence-corrected chi connectivity index (χ2v) is 7.01. The minimum Gasteiger partial charge on any atom is -0.330 e. The Morgan fingerprint density at radius 1 is 0.667 bits per heavy atom. The van der Waals surface area contributed by atoms with Crippen molar-refractivity contribution in [2.45, 2.75) is 19.8 Å². The van der Waals surface area contributed by atoms with E-state index >= 15 is 0 Å². The number of hydrogen-bond donors (Lipinski definition) is 3. The molecular weight excluding hydrogens is 380 g/mol. The lowest BCUT2D eigenvalue weighted by Gasteiger charge is -2.11. The summed E-state index contributed by atoms with van der Waals surface area (Å²) in [6.07, 6.45) is 1.95. The third kappa shape index (κ3) is 7.67. The van der Waals surface area contributed by atoms with Crippen LogP contribution in [0.25, 0.3) is 22.3 Å². The van der Waals surface area contributed by atoms with E-state index in [1.807, 2.05) is 0 Å². The molecule has 5 heteroatoms. The zero-order chi connectivity index (χ0) is 21.8. The van der Waals surface area contributed by atoms with Gasteiger partial charge in [-0.3, -0.25) is 0 Å². The highest BCUT2D eigenvalue weighted by Gasteiger charge is 2.06. The fourth-order valence-corrected chi connectivity index (χ4v) is 2.91. The fourth-order valence-electron chi connectivity index (χ4n) is 2.91. The summed E-state index contributed by atoms with van der Waals surface area (Å²) in [5.41, 5.74) is 15.6. The van der Waals surface area contributed by atoms with Gasteiger partial charge in [-0.2, -0.15) is 0 Å².